The molecule has 4 aromatic rings. The molecule has 0 unspecified atom stereocenters. The van der Waals surface area contributed by atoms with E-state index >= 15 is 0 Å². The zero-order chi connectivity index (χ0) is 20.7. The molecule has 152 valence electrons. The minimum Gasteiger partial charge on any atom is -0.353 e. The molecule has 1 aliphatic heterocycles. The number of thiophene rings is 1. The minimum atomic E-state index is 0.108. The lowest BCUT2D eigenvalue weighted by Gasteiger charge is -2.36. The fraction of sp³-hybridized carbons (Fsp3) is 0.273. The smallest absolute Gasteiger partial charge is 0.264 e. The Bertz CT molecular complexity index is 1200. The number of rotatable bonds is 3. The summed E-state index contributed by atoms with van der Waals surface area (Å²) in [7, 11) is 0. The lowest BCUT2D eigenvalue weighted by Crippen LogP contribution is -2.49. The Morgan fingerprint density at radius 2 is 1.80 bits per heavy atom. The summed E-state index contributed by atoms with van der Waals surface area (Å²) in [5, 5.41) is 6.30. The molecule has 3 aromatic heterocycles. The maximum Gasteiger partial charge on any atom is 0.264 e. The fourth-order valence-electron chi connectivity index (χ4n) is 3.85. The van der Waals surface area contributed by atoms with Crippen LogP contribution in [0.3, 0.4) is 0 Å². The number of carbonyl (C=O) groups is 1. The van der Waals surface area contributed by atoms with Crippen molar-refractivity contribution in [2.45, 2.75) is 13.8 Å². The van der Waals surface area contributed by atoms with E-state index in [4.69, 9.17) is 0 Å². The van der Waals surface area contributed by atoms with Gasteiger partial charge in [0.15, 0.2) is 0 Å². The molecule has 1 fully saturated rings. The Balaban J connectivity index is 1.34. The maximum absolute atomic E-state index is 13.3. The van der Waals surface area contributed by atoms with Gasteiger partial charge in [-0.25, -0.2) is 4.98 Å². The molecule has 0 N–H and O–H groups in total. The van der Waals surface area contributed by atoms with Crippen molar-refractivity contribution in [3.05, 3.63) is 64.2 Å². The average molecular weight is 419 g/mol. The summed E-state index contributed by atoms with van der Waals surface area (Å²) in [5.74, 6) is 1.68. The minimum absolute atomic E-state index is 0.108. The van der Waals surface area contributed by atoms with E-state index in [0.717, 1.165) is 40.6 Å². The predicted octanol–water partition coefficient (Wildman–Crippen LogP) is 3.43. The second kappa shape index (κ2) is 7.53. The van der Waals surface area contributed by atoms with Gasteiger partial charge in [0.05, 0.1) is 4.88 Å². The highest BCUT2D eigenvalue weighted by Gasteiger charge is 2.26. The van der Waals surface area contributed by atoms with E-state index in [1.807, 2.05) is 29.3 Å². The SMILES string of the molecule is Cc1ccc(-c2ccsc2C(=O)N2CCN(c3cc(C)nc4ncnn34)CC2)cc1. The van der Waals surface area contributed by atoms with Gasteiger partial charge in [-0.2, -0.15) is 14.6 Å². The zero-order valence-electron chi connectivity index (χ0n) is 16.9. The van der Waals surface area contributed by atoms with E-state index in [0.29, 0.717) is 18.9 Å². The van der Waals surface area contributed by atoms with E-state index in [9.17, 15) is 4.79 Å². The maximum atomic E-state index is 13.3. The van der Waals surface area contributed by atoms with Crippen LogP contribution >= 0.6 is 11.3 Å². The molecule has 1 saturated heterocycles. The molecule has 1 aromatic carbocycles. The number of aromatic nitrogens is 4. The largest absolute Gasteiger partial charge is 0.353 e. The number of hydrogen-bond donors (Lipinski definition) is 0. The molecular weight excluding hydrogens is 396 g/mol. The van der Waals surface area contributed by atoms with Crippen molar-refractivity contribution >= 4 is 28.8 Å². The van der Waals surface area contributed by atoms with Gasteiger partial charge in [0.2, 0.25) is 0 Å². The molecule has 4 heterocycles. The van der Waals surface area contributed by atoms with Crippen molar-refractivity contribution < 1.29 is 4.79 Å². The van der Waals surface area contributed by atoms with Crippen LogP contribution < -0.4 is 4.90 Å². The van der Waals surface area contributed by atoms with Crippen molar-refractivity contribution in [2.75, 3.05) is 31.1 Å². The Labute approximate surface area is 178 Å². The fourth-order valence-corrected chi connectivity index (χ4v) is 4.74. The lowest BCUT2D eigenvalue weighted by molar-refractivity contribution is 0.0752. The third kappa shape index (κ3) is 3.33. The molecule has 0 aliphatic carbocycles. The predicted molar refractivity (Wildman–Crippen MR) is 118 cm³/mol. The van der Waals surface area contributed by atoms with Gasteiger partial charge in [0.1, 0.15) is 12.1 Å². The van der Waals surface area contributed by atoms with Crippen molar-refractivity contribution in [1.29, 1.82) is 0 Å². The quantitative estimate of drug-likeness (QED) is 0.510. The summed E-state index contributed by atoms with van der Waals surface area (Å²) in [6, 6.07) is 12.4. The summed E-state index contributed by atoms with van der Waals surface area (Å²) in [6.45, 7) is 6.86. The first kappa shape index (κ1) is 18.7. The Morgan fingerprint density at radius 1 is 1.03 bits per heavy atom. The number of carbonyl (C=O) groups excluding carboxylic acids is 1. The van der Waals surface area contributed by atoms with Gasteiger partial charge in [-0.05, 0) is 30.9 Å². The number of hydrogen-bond acceptors (Lipinski definition) is 6. The first-order valence-corrected chi connectivity index (χ1v) is 10.8. The third-order valence-electron chi connectivity index (χ3n) is 5.47. The normalized spacial score (nSPS) is 14.5. The number of aryl methyl sites for hydroxylation is 2. The standard InChI is InChI=1S/C22H22N6OS/c1-15-3-5-17(6-4-15)18-7-12-30-20(18)21(29)27-10-8-26(9-11-27)19-13-16(2)25-22-23-14-24-28(19)22/h3-7,12-14H,8-11H2,1-2H3. The van der Waals surface area contributed by atoms with Gasteiger partial charge < -0.3 is 9.80 Å². The van der Waals surface area contributed by atoms with E-state index in [1.165, 1.54) is 23.2 Å². The van der Waals surface area contributed by atoms with Gasteiger partial charge in [-0.1, -0.05) is 29.8 Å². The van der Waals surface area contributed by atoms with Gasteiger partial charge in [0.25, 0.3) is 11.7 Å². The number of piperazine rings is 1. The topological polar surface area (TPSA) is 66.6 Å². The third-order valence-corrected chi connectivity index (χ3v) is 6.38. The van der Waals surface area contributed by atoms with Crippen molar-refractivity contribution in [2.24, 2.45) is 0 Å². The molecule has 1 amide bonds. The van der Waals surface area contributed by atoms with Crippen LogP contribution in [0.15, 0.2) is 48.1 Å². The van der Waals surface area contributed by atoms with Crippen LogP contribution in [-0.2, 0) is 0 Å². The molecule has 7 nitrogen and oxygen atoms in total. The van der Waals surface area contributed by atoms with Gasteiger partial charge >= 0.3 is 0 Å². The molecule has 1 aliphatic rings. The molecule has 5 rings (SSSR count). The van der Waals surface area contributed by atoms with Crippen molar-refractivity contribution in [3.63, 3.8) is 0 Å². The van der Waals surface area contributed by atoms with Crippen LogP contribution in [-0.4, -0.2) is 56.6 Å². The summed E-state index contributed by atoms with van der Waals surface area (Å²) in [5.41, 5.74) is 4.22. The van der Waals surface area contributed by atoms with Gasteiger partial charge in [-0.3, -0.25) is 4.79 Å². The van der Waals surface area contributed by atoms with Crippen molar-refractivity contribution in [3.8, 4) is 11.1 Å². The molecule has 0 atom stereocenters. The van der Waals surface area contributed by atoms with E-state index in [2.05, 4.69) is 51.2 Å². The lowest BCUT2D eigenvalue weighted by atomic mass is 10.0. The number of anilines is 1. The van der Waals surface area contributed by atoms with E-state index in [-0.39, 0.29) is 5.91 Å². The first-order chi connectivity index (χ1) is 14.6. The van der Waals surface area contributed by atoms with E-state index < -0.39 is 0 Å². The van der Waals surface area contributed by atoms with Gasteiger partial charge in [-0.15, -0.1) is 11.3 Å². The number of benzene rings is 1. The van der Waals surface area contributed by atoms with Crippen LogP contribution in [0.4, 0.5) is 5.82 Å². The number of fused-ring (bicyclic) bond motifs is 1. The monoisotopic (exact) mass is 418 g/mol. The zero-order valence-corrected chi connectivity index (χ0v) is 17.8. The van der Waals surface area contributed by atoms with Crippen LogP contribution in [0.1, 0.15) is 20.9 Å². The molecule has 0 bridgehead atoms. The second-order valence-corrected chi connectivity index (χ2v) is 8.45. The first-order valence-electron chi connectivity index (χ1n) is 9.96. The highest BCUT2D eigenvalue weighted by molar-refractivity contribution is 7.12. The van der Waals surface area contributed by atoms with Crippen molar-refractivity contribution in [1.82, 2.24) is 24.5 Å². The van der Waals surface area contributed by atoms with Gasteiger partial charge in [0, 0.05) is 43.5 Å². The van der Waals surface area contributed by atoms with E-state index in [1.54, 1.807) is 4.52 Å². The molecular formula is C22H22N6OS. The van der Waals surface area contributed by atoms with Crippen LogP contribution in [0.25, 0.3) is 16.9 Å². The number of nitrogens with zero attached hydrogens (tertiary/aromatic N) is 6. The summed E-state index contributed by atoms with van der Waals surface area (Å²) < 4.78 is 1.76. The molecule has 30 heavy (non-hydrogen) atoms. The van der Waals surface area contributed by atoms with Crippen LogP contribution in [0.5, 0.6) is 0 Å². The molecule has 0 spiro atoms. The Hall–Kier alpha value is -3.26. The molecule has 8 heteroatoms. The van der Waals surface area contributed by atoms with Crippen LogP contribution in [0, 0.1) is 13.8 Å². The van der Waals surface area contributed by atoms with Crippen LogP contribution in [0.2, 0.25) is 0 Å². The summed E-state index contributed by atoms with van der Waals surface area (Å²) in [6.07, 6.45) is 1.52. The average Bonchev–Trinajstić information content (AvgIpc) is 3.43. The number of amides is 1. The second-order valence-electron chi connectivity index (χ2n) is 7.54. The highest BCUT2D eigenvalue weighted by Crippen LogP contribution is 2.30. The molecule has 0 radical (unpaired) electrons. The summed E-state index contributed by atoms with van der Waals surface area (Å²) in [4.78, 5) is 26.9. The summed E-state index contributed by atoms with van der Waals surface area (Å²) >= 11 is 1.52. The molecule has 0 saturated carbocycles. The highest BCUT2D eigenvalue weighted by atomic mass is 32.1. The Kier molecular flexibility index (Phi) is 4.71. The Morgan fingerprint density at radius 3 is 2.57 bits per heavy atom.